The summed E-state index contributed by atoms with van der Waals surface area (Å²) in [4.78, 5) is 0. The van der Waals surface area contributed by atoms with E-state index in [2.05, 4.69) is 0 Å². The molecular weight excluding hydrogens is 174 g/mol. The Balaban J connectivity index is 2.92. The minimum Gasteiger partial charge on any atom is -0.507 e. The lowest BCUT2D eigenvalue weighted by Gasteiger charge is -2.01. The van der Waals surface area contributed by atoms with E-state index in [-0.39, 0.29) is 16.5 Å². The molecule has 0 heterocycles. The van der Waals surface area contributed by atoms with Crippen LogP contribution in [0.3, 0.4) is 0 Å². The summed E-state index contributed by atoms with van der Waals surface area (Å²) in [5, 5.41) is 9.70. The molecule has 0 radical (unpaired) electrons. The van der Waals surface area contributed by atoms with Crippen LogP contribution in [0.1, 0.15) is 0 Å². The van der Waals surface area contributed by atoms with Crippen LogP contribution in [0, 0.1) is 11.6 Å². The van der Waals surface area contributed by atoms with Crippen molar-refractivity contribution in [1.82, 2.24) is 0 Å². The van der Waals surface area contributed by atoms with Crippen molar-refractivity contribution < 1.29 is 13.9 Å². The SMILES string of the molecule is Oc1ccc(F)c2ccc(F)cc12. The summed E-state index contributed by atoms with van der Waals surface area (Å²) in [5.41, 5.74) is 0. The fourth-order valence-corrected chi connectivity index (χ4v) is 1.27. The molecule has 1 nitrogen and oxygen atoms in total. The van der Waals surface area contributed by atoms with Crippen molar-refractivity contribution in [3.8, 4) is 5.75 Å². The maximum atomic E-state index is 13.1. The molecule has 0 atom stereocenters. The lowest BCUT2D eigenvalue weighted by molar-refractivity contribution is 0.480. The molecule has 0 aliphatic rings. The molecule has 66 valence electrons. The summed E-state index contributed by atoms with van der Waals surface area (Å²) >= 11 is 0. The maximum absolute atomic E-state index is 13.1. The van der Waals surface area contributed by atoms with Crippen molar-refractivity contribution in [1.29, 1.82) is 0 Å². The summed E-state index contributed by atoms with van der Waals surface area (Å²) in [6.45, 7) is 0. The quantitative estimate of drug-likeness (QED) is 0.660. The van der Waals surface area contributed by atoms with E-state index >= 15 is 0 Å². The van der Waals surface area contributed by atoms with Gasteiger partial charge in [-0.3, -0.25) is 0 Å². The second-order valence-electron chi connectivity index (χ2n) is 2.76. The molecule has 0 aliphatic heterocycles. The first-order valence-electron chi connectivity index (χ1n) is 3.75. The minimum atomic E-state index is -0.492. The molecule has 0 fully saturated rings. The normalized spacial score (nSPS) is 10.6. The third-order valence-electron chi connectivity index (χ3n) is 1.90. The fourth-order valence-electron chi connectivity index (χ4n) is 1.27. The minimum absolute atomic E-state index is 0.115. The Kier molecular flexibility index (Phi) is 1.65. The number of aromatic hydroxyl groups is 1. The Morgan fingerprint density at radius 2 is 1.69 bits per heavy atom. The van der Waals surface area contributed by atoms with E-state index in [1.165, 1.54) is 12.1 Å². The van der Waals surface area contributed by atoms with Crippen LogP contribution in [0.2, 0.25) is 0 Å². The van der Waals surface area contributed by atoms with Gasteiger partial charge in [0, 0.05) is 10.8 Å². The Bertz CT molecular complexity index is 466. The number of phenolic OH excluding ortho intramolecular Hbond substituents is 1. The van der Waals surface area contributed by atoms with Gasteiger partial charge < -0.3 is 5.11 Å². The van der Waals surface area contributed by atoms with Crippen molar-refractivity contribution in [3.05, 3.63) is 42.0 Å². The van der Waals surface area contributed by atoms with Crippen LogP contribution >= 0.6 is 0 Å². The highest BCUT2D eigenvalue weighted by molar-refractivity contribution is 5.88. The first-order valence-corrected chi connectivity index (χ1v) is 3.75. The zero-order chi connectivity index (χ0) is 9.42. The monoisotopic (exact) mass is 180 g/mol. The van der Waals surface area contributed by atoms with Gasteiger partial charge in [0.2, 0.25) is 0 Å². The Hall–Kier alpha value is -1.64. The van der Waals surface area contributed by atoms with Gasteiger partial charge in [-0.2, -0.15) is 0 Å². The molecule has 0 saturated carbocycles. The van der Waals surface area contributed by atoms with E-state index in [1.807, 2.05) is 0 Å². The highest BCUT2D eigenvalue weighted by atomic mass is 19.1. The van der Waals surface area contributed by atoms with Crippen LogP contribution in [0.25, 0.3) is 10.8 Å². The first-order chi connectivity index (χ1) is 6.18. The molecule has 2 rings (SSSR count). The van der Waals surface area contributed by atoms with E-state index in [9.17, 15) is 13.9 Å². The molecule has 13 heavy (non-hydrogen) atoms. The number of hydrogen-bond donors (Lipinski definition) is 1. The van der Waals surface area contributed by atoms with E-state index in [0.29, 0.717) is 0 Å². The zero-order valence-electron chi connectivity index (χ0n) is 6.59. The van der Waals surface area contributed by atoms with Gasteiger partial charge in [0.1, 0.15) is 17.4 Å². The first kappa shape index (κ1) is 7.98. The summed E-state index contributed by atoms with van der Waals surface area (Å²) in [5.74, 6) is -1.07. The van der Waals surface area contributed by atoms with Crippen molar-refractivity contribution in [3.63, 3.8) is 0 Å². The van der Waals surface area contributed by atoms with Gasteiger partial charge in [-0.05, 0) is 30.3 Å². The van der Waals surface area contributed by atoms with E-state index in [4.69, 9.17) is 0 Å². The average molecular weight is 180 g/mol. The molecule has 1 N–H and O–H groups in total. The van der Waals surface area contributed by atoms with Gasteiger partial charge in [-0.1, -0.05) is 0 Å². The van der Waals surface area contributed by atoms with Crippen LogP contribution in [-0.4, -0.2) is 5.11 Å². The second kappa shape index (κ2) is 2.69. The molecule has 0 spiro atoms. The number of fused-ring (bicyclic) bond motifs is 1. The van der Waals surface area contributed by atoms with E-state index in [0.717, 1.165) is 18.2 Å². The number of hydrogen-bond acceptors (Lipinski definition) is 1. The van der Waals surface area contributed by atoms with Crippen LogP contribution in [0.4, 0.5) is 8.78 Å². The number of benzene rings is 2. The van der Waals surface area contributed by atoms with E-state index < -0.39 is 11.6 Å². The van der Waals surface area contributed by atoms with Crippen molar-refractivity contribution in [2.24, 2.45) is 0 Å². The van der Waals surface area contributed by atoms with Gasteiger partial charge in [0.25, 0.3) is 0 Å². The lowest BCUT2D eigenvalue weighted by atomic mass is 10.1. The van der Waals surface area contributed by atoms with Gasteiger partial charge in [-0.15, -0.1) is 0 Å². The summed E-state index contributed by atoms with van der Waals surface area (Å²) in [6.07, 6.45) is 0. The van der Waals surface area contributed by atoms with Crippen LogP contribution < -0.4 is 0 Å². The smallest absolute Gasteiger partial charge is 0.131 e. The Morgan fingerprint density at radius 1 is 0.923 bits per heavy atom. The van der Waals surface area contributed by atoms with Gasteiger partial charge in [0.15, 0.2) is 0 Å². The largest absolute Gasteiger partial charge is 0.507 e. The molecule has 0 aliphatic carbocycles. The number of halogens is 2. The number of phenols is 1. The van der Waals surface area contributed by atoms with Crippen molar-refractivity contribution >= 4 is 10.8 Å². The Morgan fingerprint density at radius 3 is 2.46 bits per heavy atom. The zero-order valence-corrected chi connectivity index (χ0v) is 6.59. The number of rotatable bonds is 0. The maximum Gasteiger partial charge on any atom is 0.131 e. The standard InChI is InChI=1S/C10H6F2O/c11-6-1-2-7-8(5-6)10(13)4-3-9(7)12/h1-5,13H. The lowest BCUT2D eigenvalue weighted by Crippen LogP contribution is -1.81. The predicted molar refractivity (Wildman–Crippen MR) is 45.5 cm³/mol. The molecule has 0 bridgehead atoms. The molecule has 0 amide bonds. The summed E-state index contributed by atoms with van der Waals surface area (Å²) < 4.78 is 25.8. The van der Waals surface area contributed by atoms with Crippen LogP contribution in [0.5, 0.6) is 5.75 Å². The third kappa shape index (κ3) is 1.22. The molecule has 0 aromatic heterocycles. The van der Waals surface area contributed by atoms with Crippen molar-refractivity contribution in [2.75, 3.05) is 0 Å². The van der Waals surface area contributed by atoms with Gasteiger partial charge in [-0.25, -0.2) is 8.78 Å². The molecular formula is C10H6F2O. The molecule has 2 aromatic rings. The topological polar surface area (TPSA) is 20.2 Å². The summed E-state index contributed by atoms with van der Waals surface area (Å²) in [7, 11) is 0. The van der Waals surface area contributed by atoms with Crippen molar-refractivity contribution in [2.45, 2.75) is 0 Å². The molecule has 3 heteroatoms. The molecule has 2 aromatic carbocycles. The highest BCUT2D eigenvalue weighted by Gasteiger charge is 2.05. The molecule has 0 saturated heterocycles. The van der Waals surface area contributed by atoms with Gasteiger partial charge >= 0.3 is 0 Å². The predicted octanol–water partition coefficient (Wildman–Crippen LogP) is 2.82. The second-order valence-corrected chi connectivity index (χ2v) is 2.76. The van der Waals surface area contributed by atoms with Gasteiger partial charge in [0.05, 0.1) is 0 Å². The third-order valence-corrected chi connectivity index (χ3v) is 1.90. The highest BCUT2D eigenvalue weighted by Crippen LogP contribution is 2.27. The van der Waals surface area contributed by atoms with E-state index in [1.54, 1.807) is 0 Å². The summed E-state index contributed by atoms with van der Waals surface area (Å²) in [6, 6.07) is 5.92. The van der Waals surface area contributed by atoms with Crippen LogP contribution in [0.15, 0.2) is 30.3 Å². The van der Waals surface area contributed by atoms with Crippen LogP contribution in [-0.2, 0) is 0 Å². The molecule has 0 unspecified atom stereocenters. The Labute approximate surface area is 73.2 Å². The fraction of sp³-hybridized carbons (Fsp3) is 0. The average Bonchev–Trinajstić information content (AvgIpc) is 2.12.